The number of aliphatic hydroxyl groups excluding tert-OH is 1. The molecule has 0 aromatic carbocycles. The Balaban J connectivity index is 1.22. The van der Waals surface area contributed by atoms with Crippen LogP contribution in [-0.2, 0) is 0 Å². The number of pyridine rings is 2. The number of carbonyl (C=O) groups is 1. The predicted molar refractivity (Wildman–Crippen MR) is 141 cm³/mol. The molecule has 2 aliphatic heterocycles. The van der Waals surface area contributed by atoms with Gasteiger partial charge in [-0.3, -0.25) is 9.52 Å². The fourth-order valence-corrected chi connectivity index (χ4v) is 6.23. The molecule has 6 rings (SSSR count). The van der Waals surface area contributed by atoms with Crippen molar-refractivity contribution in [1.82, 2.24) is 14.7 Å². The molecule has 4 fully saturated rings. The van der Waals surface area contributed by atoms with Crippen molar-refractivity contribution in [2.75, 3.05) is 61.6 Å². The summed E-state index contributed by atoms with van der Waals surface area (Å²) in [4.78, 5) is 27.3. The number of carbonyl (C=O) groups excluding carboxylic acids is 1. The minimum atomic E-state index is -0.249. The van der Waals surface area contributed by atoms with Crippen molar-refractivity contribution in [2.24, 2.45) is 17.3 Å². The van der Waals surface area contributed by atoms with Gasteiger partial charge in [-0.15, -0.1) is 0 Å². The summed E-state index contributed by atoms with van der Waals surface area (Å²) < 4.78 is 8.67. The number of aromatic nitrogens is 2. The SMILES string of the molecule is COc1ccc(C(=O)Nc2cnc(SNCCO)cc2N2CCC3(CC2)CC3)nc1N1CC2CC2C1. The summed E-state index contributed by atoms with van der Waals surface area (Å²) in [5.74, 6) is 2.72. The number of aliphatic hydroxyl groups is 1. The second-order valence-electron chi connectivity index (χ2n) is 10.6. The van der Waals surface area contributed by atoms with Gasteiger partial charge in [-0.2, -0.15) is 0 Å². The Morgan fingerprint density at radius 3 is 2.67 bits per heavy atom. The second kappa shape index (κ2) is 9.72. The van der Waals surface area contributed by atoms with Crippen molar-refractivity contribution in [3.05, 3.63) is 30.1 Å². The average molecular weight is 511 g/mol. The van der Waals surface area contributed by atoms with Gasteiger partial charge >= 0.3 is 0 Å². The normalized spacial score (nSPS) is 23.5. The van der Waals surface area contributed by atoms with Crippen molar-refractivity contribution >= 4 is 35.0 Å². The molecule has 0 bridgehead atoms. The first-order chi connectivity index (χ1) is 17.6. The number of nitrogens with one attached hydrogen (secondary N) is 2. The first-order valence-electron chi connectivity index (χ1n) is 12.9. The van der Waals surface area contributed by atoms with E-state index in [1.807, 2.05) is 12.1 Å². The zero-order valence-corrected chi connectivity index (χ0v) is 21.5. The van der Waals surface area contributed by atoms with Crippen LogP contribution < -0.4 is 24.6 Å². The largest absolute Gasteiger partial charge is 0.493 e. The number of piperidine rings is 2. The molecule has 9 nitrogen and oxygen atoms in total. The van der Waals surface area contributed by atoms with Crippen LogP contribution >= 0.6 is 11.9 Å². The Labute approximate surface area is 216 Å². The fourth-order valence-electron chi connectivity index (χ4n) is 5.61. The third-order valence-corrected chi connectivity index (χ3v) is 8.97. The molecule has 3 N–H and O–H groups in total. The molecule has 2 aliphatic carbocycles. The zero-order chi connectivity index (χ0) is 24.7. The van der Waals surface area contributed by atoms with Crippen molar-refractivity contribution in [2.45, 2.75) is 37.1 Å². The zero-order valence-electron chi connectivity index (χ0n) is 20.7. The van der Waals surface area contributed by atoms with Crippen LogP contribution in [0.3, 0.4) is 0 Å². The van der Waals surface area contributed by atoms with Crippen molar-refractivity contribution in [1.29, 1.82) is 0 Å². The number of fused-ring (bicyclic) bond motifs is 1. The molecule has 2 saturated heterocycles. The van der Waals surface area contributed by atoms with E-state index < -0.39 is 0 Å². The van der Waals surface area contributed by atoms with E-state index >= 15 is 0 Å². The maximum Gasteiger partial charge on any atom is 0.274 e. The standard InChI is InChI=1S/C26H34N6O3S/c1-35-22-3-2-19(29-24(22)32-15-17-12-18(17)16-32)25(34)30-20-14-27-23(36-28-8-11-33)13-21(20)31-9-6-26(4-5-26)7-10-31/h2-3,13-14,17-18,28,33H,4-12,15-16H2,1H3,(H,30,34). The molecule has 1 spiro atoms. The summed E-state index contributed by atoms with van der Waals surface area (Å²) >= 11 is 1.39. The molecule has 2 saturated carbocycles. The van der Waals surface area contributed by atoms with Gasteiger partial charge in [0.2, 0.25) is 0 Å². The van der Waals surface area contributed by atoms with Gasteiger partial charge in [-0.25, -0.2) is 9.97 Å². The minimum Gasteiger partial charge on any atom is -0.493 e. The van der Waals surface area contributed by atoms with Gasteiger partial charge in [-0.05, 0) is 79.5 Å². The van der Waals surface area contributed by atoms with Crippen molar-refractivity contribution in [3.8, 4) is 5.75 Å². The van der Waals surface area contributed by atoms with Crippen molar-refractivity contribution < 1.29 is 14.6 Å². The van der Waals surface area contributed by atoms with Crippen molar-refractivity contribution in [3.63, 3.8) is 0 Å². The first-order valence-corrected chi connectivity index (χ1v) is 13.8. The summed E-state index contributed by atoms with van der Waals surface area (Å²) in [5, 5.41) is 13.0. The Morgan fingerprint density at radius 2 is 1.97 bits per heavy atom. The number of amides is 1. The molecule has 4 aliphatic rings. The number of anilines is 3. The van der Waals surface area contributed by atoms with Gasteiger partial charge in [0.15, 0.2) is 11.6 Å². The molecule has 2 aromatic heterocycles. The Bertz CT molecular complexity index is 1120. The lowest BCUT2D eigenvalue weighted by Gasteiger charge is -2.35. The van der Waals surface area contributed by atoms with Gasteiger partial charge in [-0.1, -0.05) is 0 Å². The number of hydrogen-bond acceptors (Lipinski definition) is 9. The van der Waals surface area contributed by atoms with Gasteiger partial charge in [0.05, 0.1) is 31.3 Å². The number of methoxy groups -OCH3 is 1. The van der Waals surface area contributed by atoms with Gasteiger partial charge in [0.1, 0.15) is 10.7 Å². The number of nitrogens with zero attached hydrogens (tertiary/aromatic N) is 4. The van der Waals surface area contributed by atoms with Crippen LogP contribution in [-0.4, -0.2) is 67.4 Å². The van der Waals surface area contributed by atoms with Crippen LogP contribution in [0.1, 0.15) is 42.6 Å². The lowest BCUT2D eigenvalue weighted by Crippen LogP contribution is -2.35. The van der Waals surface area contributed by atoms with Crippen LogP contribution in [0.5, 0.6) is 5.75 Å². The third-order valence-electron chi connectivity index (χ3n) is 8.19. The molecule has 2 aromatic rings. The highest BCUT2D eigenvalue weighted by molar-refractivity contribution is 7.97. The number of ether oxygens (including phenoxy) is 1. The molecule has 192 valence electrons. The highest BCUT2D eigenvalue weighted by Gasteiger charge is 2.46. The predicted octanol–water partition coefficient (Wildman–Crippen LogP) is 3.16. The minimum absolute atomic E-state index is 0.0673. The van der Waals surface area contributed by atoms with Crippen LogP contribution in [0.15, 0.2) is 29.4 Å². The van der Waals surface area contributed by atoms with Crippen LogP contribution in [0.2, 0.25) is 0 Å². The van der Waals surface area contributed by atoms with Crippen LogP contribution in [0.4, 0.5) is 17.2 Å². The summed E-state index contributed by atoms with van der Waals surface area (Å²) in [7, 11) is 1.65. The average Bonchev–Trinajstić information content (AvgIpc) is 3.81. The quantitative estimate of drug-likeness (QED) is 0.347. The summed E-state index contributed by atoms with van der Waals surface area (Å²) in [6.45, 7) is 4.46. The van der Waals surface area contributed by atoms with E-state index in [1.165, 1.54) is 44.1 Å². The molecule has 36 heavy (non-hydrogen) atoms. The number of hydrogen-bond donors (Lipinski definition) is 3. The molecule has 0 radical (unpaired) electrons. The monoisotopic (exact) mass is 510 g/mol. The second-order valence-corrected chi connectivity index (χ2v) is 11.5. The van der Waals surface area contributed by atoms with Crippen LogP contribution in [0.25, 0.3) is 0 Å². The van der Waals surface area contributed by atoms with E-state index in [2.05, 4.69) is 24.8 Å². The van der Waals surface area contributed by atoms with E-state index in [0.717, 1.165) is 54.5 Å². The van der Waals surface area contributed by atoms with E-state index in [4.69, 9.17) is 14.8 Å². The lowest BCUT2D eigenvalue weighted by atomic mass is 9.93. The summed E-state index contributed by atoms with van der Waals surface area (Å²) in [6.07, 6.45) is 8.10. The van der Waals surface area contributed by atoms with Gasteiger partial charge in [0, 0.05) is 32.7 Å². The molecular weight excluding hydrogens is 476 g/mol. The van der Waals surface area contributed by atoms with Crippen LogP contribution in [0, 0.1) is 17.3 Å². The van der Waals surface area contributed by atoms with E-state index in [-0.39, 0.29) is 12.5 Å². The Morgan fingerprint density at radius 1 is 1.19 bits per heavy atom. The van der Waals surface area contributed by atoms with Gasteiger partial charge < -0.3 is 25.0 Å². The molecule has 2 unspecified atom stereocenters. The first kappa shape index (κ1) is 23.8. The Hall–Kier alpha value is -2.56. The maximum atomic E-state index is 13.4. The Kier molecular flexibility index (Phi) is 6.43. The van der Waals surface area contributed by atoms with E-state index in [9.17, 15) is 4.79 Å². The molecule has 4 heterocycles. The molecule has 10 heteroatoms. The van der Waals surface area contributed by atoms with E-state index in [0.29, 0.717) is 29.1 Å². The summed E-state index contributed by atoms with van der Waals surface area (Å²) in [6, 6.07) is 5.59. The topological polar surface area (TPSA) is 103 Å². The van der Waals surface area contributed by atoms with Gasteiger partial charge in [0.25, 0.3) is 5.91 Å². The maximum absolute atomic E-state index is 13.4. The summed E-state index contributed by atoms with van der Waals surface area (Å²) in [5.41, 5.74) is 2.61. The third kappa shape index (κ3) is 4.86. The molecule has 2 atom stereocenters. The highest BCUT2D eigenvalue weighted by Crippen LogP contribution is 2.54. The highest BCUT2D eigenvalue weighted by atomic mass is 32.2. The molecule has 1 amide bonds. The molecular formula is C26H34N6O3S. The fraction of sp³-hybridized carbons (Fsp3) is 0.577. The lowest BCUT2D eigenvalue weighted by molar-refractivity contribution is 0.102. The number of rotatable bonds is 9. The van der Waals surface area contributed by atoms with E-state index in [1.54, 1.807) is 19.4 Å². The smallest absolute Gasteiger partial charge is 0.274 e.